The van der Waals surface area contributed by atoms with Gasteiger partial charge in [-0.25, -0.2) is 0 Å². The Labute approximate surface area is 174 Å². The van der Waals surface area contributed by atoms with Gasteiger partial charge in [0.2, 0.25) is 0 Å². The minimum atomic E-state index is -1.87. The normalized spacial score (nSPS) is 50.2. The molecule has 1 heterocycles. The molecule has 1 saturated heterocycles. The standard InChI is InChI=1S/C23H34O5Si/c1-13-11-22-12-14(13)7-8-15(22)23-10-9-16(28-29(4,5)6)21(2,20(25)27-23)18(23)17(22)19(24)26-3/h14-18H,1,7-12H2,2-6H3/t14-,15?,16-,17-,18?,21?,22+,23-/m1/s1. The van der Waals surface area contributed by atoms with Crippen LogP contribution in [0.2, 0.25) is 19.6 Å². The molecule has 5 fully saturated rings. The Bertz CT molecular complexity index is 802. The van der Waals surface area contributed by atoms with Crippen LogP contribution in [0, 0.1) is 34.5 Å². The maximum absolute atomic E-state index is 13.4. The molecule has 5 rings (SSSR count). The molecule has 4 bridgehead atoms. The number of methoxy groups -OCH3 is 1. The van der Waals surface area contributed by atoms with Crippen molar-refractivity contribution in [2.24, 2.45) is 34.5 Å². The molecule has 0 aromatic carbocycles. The first-order valence-electron chi connectivity index (χ1n) is 11.2. The monoisotopic (exact) mass is 418 g/mol. The van der Waals surface area contributed by atoms with Crippen LogP contribution in [-0.4, -0.2) is 39.1 Å². The Morgan fingerprint density at radius 1 is 1.24 bits per heavy atom. The first-order chi connectivity index (χ1) is 13.5. The van der Waals surface area contributed by atoms with E-state index in [-0.39, 0.29) is 41.2 Å². The van der Waals surface area contributed by atoms with Gasteiger partial charge in [0.15, 0.2) is 8.32 Å². The number of ether oxygens (including phenoxy) is 2. The van der Waals surface area contributed by atoms with Crippen LogP contribution in [0.25, 0.3) is 0 Å². The molecule has 160 valence electrons. The van der Waals surface area contributed by atoms with Gasteiger partial charge in [0, 0.05) is 11.8 Å². The number of allylic oxidation sites excluding steroid dienone is 1. The SMILES string of the molecule is C=C1C[C@]23C[C@H]1CCC2[C@@]12CC[C@@H](O[Si](C)(C)C)C(C)(C(=O)O1)C2[C@@H]3C(=O)OC. The number of carbonyl (C=O) groups is 2. The summed E-state index contributed by atoms with van der Waals surface area (Å²) in [5.74, 6) is -0.102. The van der Waals surface area contributed by atoms with Crippen molar-refractivity contribution in [3.05, 3.63) is 12.2 Å². The van der Waals surface area contributed by atoms with Crippen LogP contribution in [0.15, 0.2) is 12.2 Å². The predicted molar refractivity (Wildman–Crippen MR) is 110 cm³/mol. The van der Waals surface area contributed by atoms with Gasteiger partial charge < -0.3 is 13.9 Å². The van der Waals surface area contributed by atoms with E-state index in [4.69, 9.17) is 13.9 Å². The van der Waals surface area contributed by atoms with Gasteiger partial charge in [-0.3, -0.25) is 9.59 Å². The second-order valence-electron chi connectivity index (χ2n) is 11.5. The molecule has 0 aromatic heterocycles. The molecule has 6 heteroatoms. The lowest BCUT2D eigenvalue weighted by atomic mass is 9.59. The summed E-state index contributed by atoms with van der Waals surface area (Å²) in [7, 11) is -0.390. The zero-order valence-electron chi connectivity index (χ0n) is 18.4. The molecule has 1 aliphatic heterocycles. The second-order valence-corrected chi connectivity index (χ2v) is 15.9. The topological polar surface area (TPSA) is 61.8 Å². The first kappa shape index (κ1) is 19.8. The quantitative estimate of drug-likeness (QED) is 0.393. The molecule has 29 heavy (non-hydrogen) atoms. The summed E-state index contributed by atoms with van der Waals surface area (Å²) >= 11 is 0. The first-order valence-corrected chi connectivity index (χ1v) is 14.6. The molecular formula is C23H34O5Si. The molecule has 1 spiro atoms. The highest BCUT2D eigenvalue weighted by Gasteiger charge is 2.83. The van der Waals surface area contributed by atoms with Crippen LogP contribution < -0.4 is 0 Å². The highest BCUT2D eigenvalue weighted by Crippen LogP contribution is 2.78. The fourth-order valence-electron chi connectivity index (χ4n) is 8.36. The maximum atomic E-state index is 13.4. The Kier molecular flexibility index (Phi) is 3.93. The van der Waals surface area contributed by atoms with Crippen molar-refractivity contribution in [3.63, 3.8) is 0 Å². The van der Waals surface area contributed by atoms with Crippen molar-refractivity contribution >= 4 is 20.3 Å². The molecule has 4 aliphatic carbocycles. The molecule has 0 aromatic rings. The minimum absolute atomic E-state index is 0.161. The van der Waals surface area contributed by atoms with Gasteiger partial charge in [-0.05, 0) is 76.4 Å². The molecule has 5 nitrogen and oxygen atoms in total. The lowest BCUT2D eigenvalue weighted by Crippen LogP contribution is -2.56. The van der Waals surface area contributed by atoms with Crippen LogP contribution in [0.4, 0.5) is 0 Å². The van der Waals surface area contributed by atoms with Crippen molar-refractivity contribution in [1.82, 2.24) is 0 Å². The number of fused-ring (bicyclic) bond motifs is 1. The summed E-state index contributed by atoms with van der Waals surface area (Å²) in [5.41, 5.74) is -0.227. The van der Waals surface area contributed by atoms with Gasteiger partial charge in [0.25, 0.3) is 0 Å². The van der Waals surface area contributed by atoms with Crippen molar-refractivity contribution in [2.75, 3.05) is 7.11 Å². The fraction of sp³-hybridized carbons (Fsp3) is 0.826. The molecule has 0 N–H and O–H groups in total. The van der Waals surface area contributed by atoms with Crippen LogP contribution in [0.3, 0.4) is 0 Å². The third-order valence-electron chi connectivity index (χ3n) is 9.11. The largest absolute Gasteiger partial charge is 0.469 e. The van der Waals surface area contributed by atoms with Gasteiger partial charge >= 0.3 is 11.9 Å². The molecule has 5 aliphatic rings. The number of carbonyl (C=O) groups excluding carboxylic acids is 2. The van der Waals surface area contributed by atoms with E-state index in [9.17, 15) is 9.59 Å². The van der Waals surface area contributed by atoms with Crippen molar-refractivity contribution in [2.45, 2.75) is 76.8 Å². The third-order valence-corrected chi connectivity index (χ3v) is 10.1. The molecule has 4 saturated carbocycles. The van der Waals surface area contributed by atoms with Crippen LogP contribution in [-0.2, 0) is 23.5 Å². The lowest BCUT2D eigenvalue weighted by molar-refractivity contribution is -0.163. The number of rotatable bonds is 3. The molecule has 0 amide bonds. The van der Waals surface area contributed by atoms with Crippen LogP contribution in [0.1, 0.15) is 45.4 Å². The Hall–Kier alpha value is -1.14. The summed E-state index contributed by atoms with van der Waals surface area (Å²) in [4.78, 5) is 26.7. The Balaban J connectivity index is 1.68. The van der Waals surface area contributed by atoms with E-state index < -0.39 is 19.3 Å². The highest BCUT2D eigenvalue weighted by atomic mass is 28.4. The average Bonchev–Trinajstić information content (AvgIpc) is 3.09. The van der Waals surface area contributed by atoms with E-state index in [0.29, 0.717) is 5.92 Å². The molecule has 0 radical (unpaired) electrons. The maximum Gasteiger partial charge on any atom is 0.315 e. The van der Waals surface area contributed by atoms with Crippen molar-refractivity contribution < 1.29 is 23.5 Å². The van der Waals surface area contributed by atoms with Crippen LogP contribution in [0.5, 0.6) is 0 Å². The van der Waals surface area contributed by atoms with Gasteiger partial charge in [-0.15, -0.1) is 0 Å². The Morgan fingerprint density at radius 3 is 2.62 bits per heavy atom. The van der Waals surface area contributed by atoms with Gasteiger partial charge in [-0.2, -0.15) is 0 Å². The molecular weight excluding hydrogens is 384 g/mol. The lowest BCUT2D eigenvalue weighted by Gasteiger charge is -2.47. The summed E-state index contributed by atoms with van der Waals surface area (Å²) in [6.07, 6.45) is 5.40. The zero-order chi connectivity index (χ0) is 21.0. The Morgan fingerprint density at radius 2 is 1.97 bits per heavy atom. The molecule has 3 unspecified atom stereocenters. The van der Waals surface area contributed by atoms with E-state index >= 15 is 0 Å². The third kappa shape index (κ3) is 2.25. The highest BCUT2D eigenvalue weighted by molar-refractivity contribution is 6.69. The van der Waals surface area contributed by atoms with E-state index in [0.717, 1.165) is 38.5 Å². The molecule has 8 atom stereocenters. The second kappa shape index (κ2) is 5.76. The van der Waals surface area contributed by atoms with Gasteiger partial charge in [0.1, 0.15) is 5.60 Å². The van der Waals surface area contributed by atoms with E-state index in [1.807, 2.05) is 6.92 Å². The van der Waals surface area contributed by atoms with Gasteiger partial charge in [-0.1, -0.05) is 12.2 Å². The zero-order valence-corrected chi connectivity index (χ0v) is 19.4. The predicted octanol–water partition coefficient (Wildman–Crippen LogP) is 4.08. The van der Waals surface area contributed by atoms with E-state index in [1.54, 1.807) is 0 Å². The van der Waals surface area contributed by atoms with E-state index in [2.05, 4.69) is 26.2 Å². The number of hydrogen-bond donors (Lipinski definition) is 0. The summed E-state index contributed by atoms with van der Waals surface area (Å²) in [6.45, 7) is 12.9. The van der Waals surface area contributed by atoms with E-state index in [1.165, 1.54) is 12.7 Å². The fourth-order valence-corrected chi connectivity index (χ4v) is 9.57. The number of esters is 2. The van der Waals surface area contributed by atoms with Crippen LogP contribution >= 0.6 is 0 Å². The summed E-state index contributed by atoms with van der Waals surface area (Å²) < 4.78 is 18.3. The number of hydrogen-bond acceptors (Lipinski definition) is 5. The van der Waals surface area contributed by atoms with Gasteiger partial charge in [0.05, 0.1) is 24.5 Å². The smallest absolute Gasteiger partial charge is 0.315 e. The van der Waals surface area contributed by atoms with Crippen molar-refractivity contribution in [1.29, 1.82) is 0 Å². The minimum Gasteiger partial charge on any atom is -0.469 e. The summed E-state index contributed by atoms with van der Waals surface area (Å²) in [5, 5.41) is 0. The van der Waals surface area contributed by atoms with Crippen molar-refractivity contribution in [3.8, 4) is 0 Å². The average molecular weight is 419 g/mol. The summed E-state index contributed by atoms with van der Waals surface area (Å²) in [6, 6.07) is 0.